The molecule has 0 aliphatic carbocycles. The molecule has 1 aromatic carbocycles. The van der Waals surface area contributed by atoms with Crippen LogP contribution in [0.2, 0.25) is 0 Å². The van der Waals surface area contributed by atoms with Gasteiger partial charge in [-0.3, -0.25) is 10.1 Å². The van der Waals surface area contributed by atoms with Crippen molar-refractivity contribution >= 4 is 22.4 Å². The summed E-state index contributed by atoms with van der Waals surface area (Å²) in [4.78, 5) is 28.4. The molecule has 3 rings (SSSR count). The highest BCUT2D eigenvalue weighted by molar-refractivity contribution is 5.82. The number of para-hydroxylation sites is 2. The van der Waals surface area contributed by atoms with Crippen LogP contribution in [0, 0.1) is 10.1 Å². The highest BCUT2D eigenvalue weighted by atomic mass is 16.6. The summed E-state index contributed by atoms with van der Waals surface area (Å²) in [5.41, 5.74) is 0.486. The maximum Gasteiger partial charge on any atom is 0.332 e. The fourth-order valence-corrected chi connectivity index (χ4v) is 1.80. The summed E-state index contributed by atoms with van der Waals surface area (Å²) in [6.07, 6.45) is 1.06. The Hall–Kier alpha value is -2.70. The van der Waals surface area contributed by atoms with Crippen LogP contribution in [-0.2, 0) is 0 Å². The summed E-state index contributed by atoms with van der Waals surface area (Å²) in [7, 11) is 0. The molecule has 0 saturated heterocycles. The lowest BCUT2D eigenvalue weighted by Gasteiger charge is -1.94. The fraction of sp³-hybridized carbons (Fsp3) is 0. The number of rotatable bonds is 1. The minimum atomic E-state index is -0.572. The third kappa shape index (κ3) is 1.22. The topological polar surface area (TPSA) is 93.3 Å². The van der Waals surface area contributed by atoms with Gasteiger partial charge in [-0.25, -0.2) is 14.2 Å². The largest absolute Gasteiger partial charge is 0.332 e. The lowest BCUT2D eigenvalue weighted by Crippen LogP contribution is -2.16. The van der Waals surface area contributed by atoms with E-state index in [1.165, 1.54) is 4.40 Å². The normalized spacial score (nSPS) is 11.1. The molecule has 3 aromatic rings. The zero-order valence-electron chi connectivity index (χ0n) is 8.45. The third-order valence-corrected chi connectivity index (χ3v) is 2.52. The molecule has 84 valence electrons. The van der Waals surface area contributed by atoms with E-state index in [4.69, 9.17) is 0 Å². The second-order valence-corrected chi connectivity index (χ2v) is 3.50. The van der Waals surface area contributed by atoms with Gasteiger partial charge in [-0.1, -0.05) is 12.1 Å². The number of fused-ring (bicyclic) bond motifs is 3. The first-order valence-corrected chi connectivity index (χ1v) is 4.82. The number of imidazole rings is 1. The summed E-state index contributed by atoms with van der Waals surface area (Å²) in [5.74, 6) is 0. The van der Waals surface area contributed by atoms with Gasteiger partial charge in [0.25, 0.3) is 0 Å². The number of nitrogens with zero attached hydrogens (tertiary/aromatic N) is 3. The number of aromatic nitrogens is 3. The lowest BCUT2D eigenvalue weighted by molar-refractivity contribution is -0.383. The van der Waals surface area contributed by atoms with E-state index >= 15 is 0 Å². The third-order valence-electron chi connectivity index (χ3n) is 2.52. The van der Waals surface area contributed by atoms with Gasteiger partial charge in [0.15, 0.2) is 0 Å². The zero-order chi connectivity index (χ0) is 12.0. The Labute approximate surface area is 93.5 Å². The van der Waals surface area contributed by atoms with Gasteiger partial charge in [0, 0.05) is 0 Å². The number of hydrogen-bond donors (Lipinski definition) is 1. The minimum Gasteiger partial charge on any atom is -0.307 e. The van der Waals surface area contributed by atoms with Gasteiger partial charge in [-0.15, -0.1) is 0 Å². The number of benzene rings is 1. The standard InChI is InChI=1S/C10H6N4O3/c15-10-11-5-8(14(16)17)9-12-6-3-1-2-4-7(6)13(9)10/h1-5H,(H,11,15). The van der Waals surface area contributed by atoms with Crippen molar-refractivity contribution in [2.24, 2.45) is 0 Å². The van der Waals surface area contributed by atoms with E-state index in [0.29, 0.717) is 11.0 Å². The van der Waals surface area contributed by atoms with Crippen LogP contribution in [0.1, 0.15) is 0 Å². The van der Waals surface area contributed by atoms with Crippen LogP contribution < -0.4 is 5.69 Å². The Balaban J connectivity index is 2.63. The van der Waals surface area contributed by atoms with E-state index < -0.39 is 10.6 Å². The molecule has 0 unspecified atom stereocenters. The molecule has 1 N–H and O–H groups in total. The summed E-state index contributed by atoms with van der Waals surface area (Å²) >= 11 is 0. The van der Waals surface area contributed by atoms with E-state index in [1.807, 2.05) is 0 Å². The molecular weight excluding hydrogens is 224 g/mol. The Morgan fingerprint density at radius 1 is 1.35 bits per heavy atom. The minimum absolute atomic E-state index is 0.0555. The molecule has 17 heavy (non-hydrogen) atoms. The maximum atomic E-state index is 11.7. The number of nitro groups is 1. The zero-order valence-corrected chi connectivity index (χ0v) is 8.45. The van der Waals surface area contributed by atoms with E-state index in [2.05, 4.69) is 9.97 Å². The molecule has 2 aromatic heterocycles. The average Bonchev–Trinajstić information content (AvgIpc) is 2.68. The average molecular weight is 230 g/mol. The van der Waals surface area contributed by atoms with Crippen LogP contribution >= 0.6 is 0 Å². The molecule has 0 saturated carbocycles. The van der Waals surface area contributed by atoms with Crippen molar-refractivity contribution in [2.45, 2.75) is 0 Å². The van der Waals surface area contributed by atoms with Crippen molar-refractivity contribution in [2.75, 3.05) is 0 Å². The number of aromatic amines is 1. The van der Waals surface area contributed by atoms with Crippen molar-refractivity contribution in [3.8, 4) is 0 Å². The van der Waals surface area contributed by atoms with Gasteiger partial charge in [0.2, 0.25) is 5.65 Å². The van der Waals surface area contributed by atoms with Crippen LogP contribution in [0.15, 0.2) is 35.3 Å². The second kappa shape index (κ2) is 3.14. The van der Waals surface area contributed by atoms with Gasteiger partial charge >= 0.3 is 11.4 Å². The molecule has 0 radical (unpaired) electrons. The number of hydrogen-bond acceptors (Lipinski definition) is 4. The van der Waals surface area contributed by atoms with Crippen LogP contribution in [0.5, 0.6) is 0 Å². The van der Waals surface area contributed by atoms with Crippen molar-refractivity contribution in [3.63, 3.8) is 0 Å². The second-order valence-electron chi connectivity index (χ2n) is 3.50. The molecular formula is C10H6N4O3. The summed E-state index contributed by atoms with van der Waals surface area (Å²) in [6, 6.07) is 6.89. The first kappa shape index (κ1) is 9.52. The first-order chi connectivity index (χ1) is 8.18. The van der Waals surface area contributed by atoms with Crippen LogP contribution in [0.25, 0.3) is 16.7 Å². The lowest BCUT2D eigenvalue weighted by atomic mass is 10.3. The first-order valence-electron chi connectivity index (χ1n) is 4.82. The monoisotopic (exact) mass is 230 g/mol. The van der Waals surface area contributed by atoms with Crippen molar-refractivity contribution in [1.82, 2.24) is 14.4 Å². The summed E-state index contributed by atoms with van der Waals surface area (Å²) in [5, 5.41) is 10.8. The highest BCUT2D eigenvalue weighted by Gasteiger charge is 2.18. The van der Waals surface area contributed by atoms with E-state index in [1.54, 1.807) is 24.3 Å². The molecule has 2 heterocycles. The molecule has 0 spiro atoms. The molecule has 0 aliphatic rings. The van der Waals surface area contributed by atoms with Gasteiger partial charge < -0.3 is 4.98 Å². The number of H-pyrrole nitrogens is 1. The predicted molar refractivity (Wildman–Crippen MR) is 60.0 cm³/mol. The molecule has 0 bridgehead atoms. The van der Waals surface area contributed by atoms with Crippen LogP contribution in [0.3, 0.4) is 0 Å². The Kier molecular flexibility index (Phi) is 1.76. The van der Waals surface area contributed by atoms with Crippen molar-refractivity contribution in [1.29, 1.82) is 0 Å². The molecule has 0 fully saturated rings. The molecule has 0 amide bonds. The Morgan fingerprint density at radius 3 is 2.88 bits per heavy atom. The predicted octanol–water partition coefficient (Wildman–Crippen LogP) is 1.08. The summed E-state index contributed by atoms with van der Waals surface area (Å²) in [6.45, 7) is 0. The van der Waals surface area contributed by atoms with Crippen LogP contribution in [-0.4, -0.2) is 19.3 Å². The molecule has 7 heteroatoms. The SMILES string of the molecule is O=c1[nH]cc([N+](=O)[O-])c2nc3ccccc3n12. The highest BCUT2D eigenvalue weighted by Crippen LogP contribution is 2.20. The molecule has 0 aliphatic heterocycles. The van der Waals surface area contributed by atoms with E-state index in [9.17, 15) is 14.9 Å². The van der Waals surface area contributed by atoms with Gasteiger partial charge in [-0.05, 0) is 12.1 Å². The van der Waals surface area contributed by atoms with Crippen molar-refractivity contribution < 1.29 is 4.92 Å². The summed E-state index contributed by atoms with van der Waals surface area (Å²) < 4.78 is 1.20. The van der Waals surface area contributed by atoms with Crippen LogP contribution in [0.4, 0.5) is 5.69 Å². The molecule has 7 nitrogen and oxygen atoms in total. The smallest absolute Gasteiger partial charge is 0.307 e. The molecule has 0 atom stereocenters. The van der Waals surface area contributed by atoms with E-state index in [-0.39, 0.29) is 11.3 Å². The van der Waals surface area contributed by atoms with Gasteiger partial charge in [0.05, 0.1) is 22.2 Å². The Bertz CT molecular complexity index is 802. The van der Waals surface area contributed by atoms with Gasteiger partial charge in [-0.2, -0.15) is 0 Å². The number of nitrogens with one attached hydrogen (secondary N) is 1. The quantitative estimate of drug-likeness (QED) is 0.500. The van der Waals surface area contributed by atoms with Gasteiger partial charge in [0.1, 0.15) is 0 Å². The Morgan fingerprint density at radius 2 is 2.12 bits per heavy atom. The van der Waals surface area contributed by atoms with E-state index in [0.717, 1.165) is 6.20 Å². The van der Waals surface area contributed by atoms with Crippen molar-refractivity contribution in [3.05, 3.63) is 51.1 Å². The fourth-order valence-electron chi connectivity index (χ4n) is 1.80. The maximum absolute atomic E-state index is 11.7.